The third kappa shape index (κ3) is 4.65. The number of allylic oxidation sites excluding steroid dienone is 1. The molecule has 2 rings (SSSR count). The van der Waals surface area contributed by atoms with Crippen LogP contribution in [0.15, 0.2) is 48.7 Å². The van der Waals surface area contributed by atoms with E-state index < -0.39 is 0 Å². The topological polar surface area (TPSA) is 40.5 Å². The van der Waals surface area contributed by atoms with E-state index in [1.54, 1.807) is 18.2 Å². The number of carbonyl (C=O) groups excluding carboxylic acids is 1. The van der Waals surface area contributed by atoms with Gasteiger partial charge >= 0.3 is 0 Å². The Morgan fingerprint density at radius 2 is 1.78 bits per heavy atom. The third-order valence-corrected chi connectivity index (χ3v) is 3.49. The predicted molar refractivity (Wildman–Crippen MR) is 91.2 cm³/mol. The number of ketones is 1. The first kappa shape index (κ1) is 17.2. The van der Waals surface area contributed by atoms with E-state index in [-0.39, 0.29) is 12.1 Å². The Hall–Kier alpha value is -2.17. The minimum absolute atomic E-state index is 0.0258. The standard InChI is InChI=1S/C19H23NO3/c1-4-22-19(23-5-2)16-10-8-15(9-11-16)18(21)13-12-17-7-6-14-20(17)3/h6-14,19H,4-5H2,1-3H3. The van der Waals surface area contributed by atoms with E-state index in [9.17, 15) is 4.79 Å². The molecule has 0 N–H and O–H groups in total. The van der Waals surface area contributed by atoms with Crippen molar-refractivity contribution in [1.82, 2.24) is 4.57 Å². The molecule has 4 nitrogen and oxygen atoms in total. The second-order valence-corrected chi connectivity index (χ2v) is 5.11. The lowest BCUT2D eigenvalue weighted by Gasteiger charge is -2.17. The number of aromatic nitrogens is 1. The zero-order chi connectivity index (χ0) is 16.7. The van der Waals surface area contributed by atoms with Crippen LogP contribution in [-0.2, 0) is 16.5 Å². The predicted octanol–water partition coefficient (Wildman–Crippen LogP) is 3.99. The fourth-order valence-electron chi connectivity index (χ4n) is 2.25. The molecule has 4 heteroatoms. The average Bonchev–Trinajstić information content (AvgIpc) is 2.98. The molecule has 0 saturated heterocycles. The van der Waals surface area contributed by atoms with Crippen molar-refractivity contribution in [3.63, 3.8) is 0 Å². The van der Waals surface area contributed by atoms with Gasteiger partial charge in [0, 0.05) is 43.3 Å². The summed E-state index contributed by atoms with van der Waals surface area (Å²) in [7, 11) is 1.94. The van der Waals surface area contributed by atoms with Crippen LogP contribution in [0.25, 0.3) is 6.08 Å². The van der Waals surface area contributed by atoms with Gasteiger partial charge in [-0.2, -0.15) is 0 Å². The lowest BCUT2D eigenvalue weighted by molar-refractivity contribution is -0.140. The summed E-state index contributed by atoms with van der Waals surface area (Å²) >= 11 is 0. The van der Waals surface area contributed by atoms with Gasteiger partial charge in [-0.1, -0.05) is 24.3 Å². The van der Waals surface area contributed by atoms with Crippen molar-refractivity contribution in [3.8, 4) is 0 Å². The molecule has 1 aromatic heterocycles. The van der Waals surface area contributed by atoms with Gasteiger partial charge in [0.15, 0.2) is 12.1 Å². The van der Waals surface area contributed by atoms with E-state index in [1.807, 2.05) is 62.0 Å². The third-order valence-electron chi connectivity index (χ3n) is 3.49. The number of aryl methyl sites for hydroxylation is 1. The average molecular weight is 313 g/mol. The number of rotatable bonds is 8. The molecular weight excluding hydrogens is 290 g/mol. The quantitative estimate of drug-likeness (QED) is 0.420. The fourth-order valence-corrected chi connectivity index (χ4v) is 2.25. The molecule has 0 unspecified atom stereocenters. The summed E-state index contributed by atoms with van der Waals surface area (Å²) in [5.74, 6) is -0.0258. The number of carbonyl (C=O) groups is 1. The molecular formula is C19H23NO3. The van der Waals surface area contributed by atoms with Gasteiger partial charge in [0.25, 0.3) is 0 Å². The van der Waals surface area contributed by atoms with Crippen LogP contribution in [0.3, 0.4) is 0 Å². The molecule has 23 heavy (non-hydrogen) atoms. The maximum Gasteiger partial charge on any atom is 0.185 e. The molecule has 0 aliphatic carbocycles. The maximum absolute atomic E-state index is 12.2. The van der Waals surface area contributed by atoms with E-state index >= 15 is 0 Å². The zero-order valence-corrected chi connectivity index (χ0v) is 13.9. The highest BCUT2D eigenvalue weighted by Crippen LogP contribution is 2.19. The maximum atomic E-state index is 12.2. The molecule has 122 valence electrons. The fraction of sp³-hybridized carbons (Fsp3) is 0.316. The number of benzene rings is 1. The highest BCUT2D eigenvalue weighted by atomic mass is 16.7. The van der Waals surface area contributed by atoms with Crippen molar-refractivity contribution < 1.29 is 14.3 Å². The summed E-state index contributed by atoms with van der Waals surface area (Å²) < 4.78 is 13.1. The molecule has 0 radical (unpaired) electrons. The number of hydrogen-bond acceptors (Lipinski definition) is 3. The van der Waals surface area contributed by atoms with Crippen LogP contribution in [0.1, 0.15) is 41.8 Å². The monoisotopic (exact) mass is 313 g/mol. The van der Waals surface area contributed by atoms with Gasteiger partial charge in [-0.25, -0.2) is 0 Å². The zero-order valence-electron chi connectivity index (χ0n) is 13.9. The van der Waals surface area contributed by atoms with Crippen molar-refractivity contribution in [3.05, 3.63) is 65.5 Å². The second-order valence-electron chi connectivity index (χ2n) is 5.11. The Morgan fingerprint density at radius 1 is 1.13 bits per heavy atom. The van der Waals surface area contributed by atoms with Gasteiger partial charge in [0.1, 0.15) is 0 Å². The Labute approximate surface area is 137 Å². The Kier molecular flexibility index (Phi) is 6.32. The van der Waals surface area contributed by atoms with Crippen LogP contribution < -0.4 is 0 Å². The van der Waals surface area contributed by atoms with Crippen LogP contribution in [0.2, 0.25) is 0 Å². The number of nitrogens with zero attached hydrogens (tertiary/aromatic N) is 1. The van der Waals surface area contributed by atoms with E-state index in [2.05, 4.69) is 0 Å². The molecule has 1 heterocycles. The Morgan fingerprint density at radius 3 is 2.30 bits per heavy atom. The lowest BCUT2D eigenvalue weighted by Crippen LogP contribution is -2.09. The van der Waals surface area contributed by atoms with Gasteiger partial charge in [0.2, 0.25) is 0 Å². The van der Waals surface area contributed by atoms with Crippen molar-refractivity contribution in [1.29, 1.82) is 0 Å². The highest BCUT2D eigenvalue weighted by molar-refractivity contribution is 6.06. The summed E-state index contributed by atoms with van der Waals surface area (Å²) in [5.41, 5.74) is 2.55. The van der Waals surface area contributed by atoms with Crippen LogP contribution in [-0.4, -0.2) is 23.6 Å². The molecule has 0 aliphatic rings. The van der Waals surface area contributed by atoms with Gasteiger partial charge in [0.05, 0.1) is 0 Å². The van der Waals surface area contributed by atoms with Crippen molar-refractivity contribution in [2.75, 3.05) is 13.2 Å². The summed E-state index contributed by atoms with van der Waals surface area (Å²) in [5, 5.41) is 0. The first-order valence-corrected chi connectivity index (χ1v) is 7.82. The lowest BCUT2D eigenvalue weighted by atomic mass is 10.1. The SMILES string of the molecule is CCOC(OCC)c1ccc(C(=O)C=Cc2cccn2C)cc1. The largest absolute Gasteiger partial charge is 0.351 e. The minimum atomic E-state index is -0.381. The first-order valence-electron chi connectivity index (χ1n) is 7.82. The van der Waals surface area contributed by atoms with Gasteiger partial charge < -0.3 is 14.0 Å². The number of hydrogen-bond donors (Lipinski definition) is 0. The molecule has 0 fully saturated rings. The normalized spacial score (nSPS) is 11.5. The van der Waals surface area contributed by atoms with Crippen molar-refractivity contribution >= 4 is 11.9 Å². The van der Waals surface area contributed by atoms with Crippen LogP contribution in [0, 0.1) is 0 Å². The molecule has 2 aromatic rings. The summed E-state index contributed by atoms with van der Waals surface area (Å²) in [6.45, 7) is 5.01. The van der Waals surface area contributed by atoms with Crippen molar-refractivity contribution in [2.45, 2.75) is 20.1 Å². The van der Waals surface area contributed by atoms with Crippen LogP contribution in [0.4, 0.5) is 0 Å². The minimum Gasteiger partial charge on any atom is -0.351 e. The van der Waals surface area contributed by atoms with E-state index in [4.69, 9.17) is 9.47 Å². The molecule has 0 amide bonds. The molecule has 0 spiro atoms. The van der Waals surface area contributed by atoms with Crippen LogP contribution in [0.5, 0.6) is 0 Å². The van der Waals surface area contributed by atoms with Crippen LogP contribution >= 0.6 is 0 Å². The van der Waals surface area contributed by atoms with E-state index in [0.29, 0.717) is 18.8 Å². The van der Waals surface area contributed by atoms with Crippen molar-refractivity contribution in [2.24, 2.45) is 7.05 Å². The molecule has 0 atom stereocenters. The first-order chi connectivity index (χ1) is 11.2. The van der Waals surface area contributed by atoms with E-state index in [1.165, 1.54) is 0 Å². The smallest absolute Gasteiger partial charge is 0.185 e. The second kappa shape index (κ2) is 8.46. The molecule has 0 aliphatic heterocycles. The highest BCUT2D eigenvalue weighted by Gasteiger charge is 2.11. The summed E-state index contributed by atoms with van der Waals surface area (Å²) in [6, 6.07) is 11.3. The number of ether oxygens (including phenoxy) is 2. The molecule has 0 saturated carbocycles. The van der Waals surface area contributed by atoms with Gasteiger partial charge in [-0.3, -0.25) is 4.79 Å². The Balaban J connectivity index is 2.07. The van der Waals surface area contributed by atoms with E-state index in [0.717, 1.165) is 11.3 Å². The molecule has 1 aromatic carbocycles. The summed E-state index contributed by atoms with van der Waals surface area (Å²) in [6.07, 6.45) is 4.97. The van der Waals surface area contributed by atoms with Gasteiger partial charge in [-0.05, 0) is 38.1 Å². The summed E-state index contributed by atoms with van der Waals surface area (Å²) in [4.78, 5) is 12.2. The molecule has 0 bridgehead atoms. The van der Waals surface area contributed by atoms with Gasteiger partial charge in [-0.15, -0.1) is 0 Å². The Bertz CT molecular complexity index is 650.